The minimum absolute atomic E-state index is 0.179. The molecule has 0 saturated heterocycles. The van der Waals surface area contributed by atoms with Crippen molar-refractivity contribution < 1.29 is 18.7 Å². The molecule has 4 aromatic rings. The first kappa shape index (κ1) is 27.9. The summed E-state index contributed by atoms with van der Waals surface area (Å²) in [4.78, 5) is 50.8. The molecule has 0 saturated carbocycles. The van der Waals surface area contributed by atoms with Crippen LogP contribution in [-0.2, 0) is 9.53 Å². The average Bonchev–Trinajstić information content (AvgIpc) is 3.40. The first-order chi connectivity index (χ1) is 19.2. The summed E-state index contributed by atoms with van der Waals surface area (Å²) < 4.78 is 19.4. The highest BCUT2D eigenvalue weighted by Gasteiger charge is 2.35. The fraction of sp³-hybridized carbons (Fsp3) is 0.222. The number of aryl methyl sites for hydroxylation is 1. The van der Waals surface area contributed by atoms with E-state index >= 15 is 0 Å². The number of nitrogens with one attached hydrogen (secondary N) is 1. The van der Waals surface area contributed by atoms with Crippen molar-refractivity contribution in [3.05, 3.63) is 99.2 Å². The number of thiazole rings is 1. The molecule has 1 atom stereocenters. The van der Waals surface area contributed by atoms with Gasteiger partial charge < -0.3 is 18.9 Å². The number of methoxy groups -OCH3 is 1. The van der Waals surface area contributed by atoms with E-state index in [1.807, 2.05) is 18.2 Å². The number of fused-ring (bicyclic) bond motifs is 1. The van der Waals surface area contributed by atoms with Crippen molar-refractivity contribution in [3.63, 3.8) is 0 Å². The van der Waals surface area contributed by atoms with Crippen LogP contribution in [0.25, 0.3) is 6.08 Å². The summed E-state index contributed by atoms with van der Waals surface area (Å²) in [6.07, 6.45) is 1.62. The molecular weight excluding hydrogens is 620 g/mol. The van der Waals surface area contributed by atoms with E-state index in [0.717, 1.165) is 11.8 Å². The van der Waals surface area contributed by atoms with Crippen LogP contribution in [0, 0.1) is 6.92 Å². The molecule has 0 bridgehead atoms. The van der Waals surface area contributed by atoms with Crippen LogP contribution in [0.5, 0.6) is 5.75 Å². The molecule has 0 amide bonds. The number of furan rings is 1. The maximum Gasteiger partial charge on any atom is 0.338 e. The highest BCUT2D eigenvalue weighted by Crippen LogP contribution is 2.36. The number of hydrogen-bond donors (Lipinski definition) is 1. The molecule has 40 heavy (non-hydrogen) atoms. The average molecular weight is 644 g/mol. The molecule has 0 aliphatic carbocycles. The molecule has 0 unspecified atom stereocenters. The fourth-order valence-electron chi connectivity index (χ4n) is 4.30. The van der Waals surface area contributed by atoms with Gasteiger partial charge in [-0.2, -0.15) is 0 Å². The Morgan fingerprint density at radius 2 is 2.05 bits per heavy atom. The molecule has 5 rings (SSSR count). The Bertz CT molecular complexity index is 1900. The topological polar surface area (TPSA) is 129 Å². The largest absolute Gasteiger partial charge is 0.496 e. The molecular formula is C27H23BrN4O6S2. The predicted octanol–water partition coefficient (Wildman–Crippen LogP) is 3.71. The summed E-state index contributed by atoms with van der Waals surface area (Å²) >= 11 is 5.80. The van der Waals surface area contributed by atoms with Gasteiger partial charge in [0.2, 0.25) is 0 Å². The fourth-order valence-corrected chi connectivity index (χ4v) is 6.69. The van der Waals surface area contributed by atoms with E-state index in [4.69, 9.17) is 13.9 Å². The van der Waals surface area contributed by atoms with E-state index in [0.29, 0.717) is 52.5 Å². The van der Waals surface area contributed by atoms with Gasteiger partial charge in [0.25, 0.3) is 11.1 Å². The highest BCUT2D eigenvalue weighted by atomic mass is 79.9. The monoisotopic (exact) mass is 642 g/mol. The number of esters is 1. The summed E-state index contributed by atoms with van der Waals surface area (Å²) in [6, 6.07) is 9.56. The molecule has 10 nitrogen and oxygen atoms in total. The zero-order valence-corrected chi connectivity index (χ0v) is 25.0. The summed E-state index contributed by atoms with van der Waals surface area (Å²) in [5, 5.41) is 0.838. The molecule has 1 N–H and O–H groups in total. The van der Waals surface area contributed by atoms with Gasteiger partial charge in [0.1, 0.15) is 17.6 Å². The molecule has 1 aliphatic rings. The lowest BCUT2D eigenvalue weighted by atomic mass is 9.95. The lowest BCUT2D eigenvalue weighted by Gasteiger charge is -2.25. The molecule has 4 heterocycles. The number of allylic oxidation sites excluding steroid dienone is 1. The van der Waals surface area contributed by atoms with Crippen molar-refractivity contribution >= 4 is 51.1 Å². The van der Waals surface area contributed by atoms with E-state index in [1.54, 1.807) is 39.0 Å². The molecule has 3 aromatic heterocycles. The van der Waals surface area contributed by atoms with Crippen molar-refractivity contribution in [2.45, 2.75) is 37.1 Å². The van der Waals surface area contributed by atoms with E-state index in [-0.39, 0.29) is 23.3 Å². The second-order valence-electron chi connectivity index (χ2n) is 8.62. The second-order valence-corrected chi connectivity index (χ2v) is 11.4. The Morgan fingerprint density at radius 3 is 2.77 bits per heavy atom. The van der Waals surface area contributed by atoms with Gasteiger partial charge in [-0.15, -0.1) is 0 Å². The molecule has 0 fully saturated rings. The third kappa shape index (κ3) is 5.36. The molecule has 13 heteroatoms. The van der Waals surface area contributed by atoms with Gasteiger partial charge in [0.15, 0.2) is 15.1 Å². The van der Waals surface area contributed by atoms with Crippen molar-refractivity contribution in [3.8, 4) is 5.75 Å². The Hall–Kier alpha value is -3.68. The predicted molar refractivity (Wildman–Crippen MR) is 154 cm³/mol. The summed E-state index contributed by atoms with van der Waals surface area (Å²) in [5.41, 5.74) is 1.33. The summed E-state index contributed by atoms with van der Waals surface area (Å²) in [5.74, 6) is 0.385. The van der Waals surface area contributed by atoms with Gasteiger partial charge in [-0.25, -0.2) is 14.8 Å². The minimum Gasteiger partial charge on any atom is -0.496 e. The third-order valence-corrected chi connectivity index (χ3v) is 8.65. The van der Waals surface area contributed by atoms with Crippen LogP contribution in [0.1, 0.15) is 36.9 Å². The zero-order chi connectivity index (χ0) is 28.6. The van der Waals surface area contributed by atoms with E-state index < -0.39 is 12.0 Å². The number of carbonyl (C=O) groups excluding carboxylic acids is 1. The lowest BCUT2D eigenvalue weighted by Crippen LogP contribution is -2.40. The highest BCUT2D eigenvalue weighted by molar-refractivity contribution is 9.10. The number of carbonyl (C=O) groups is 1. The number of aromatic amines is 1. The van der Waals surface area contributed by atoms with E-state index in [9.17, 15) is 14.4 Å². The molecule has 1 aliphatic heterocycles. The Balaban J connectivity index is 1.62. The van der Waals surface area contributed by atoms with Crippen LogP contribution in [0.3, 0.4) is 0 Å². The number of halogens is 1. The SMILES string of the molecule is CCOC(=O)C1=C(C)N=c2s/c(=C/c3cc(Br)c(Sc4nc(C)cc(=O)[nH]4)o3)c(=O)n2[C@H]1c1ccccc1OC. The number of rotatable bonds is 7. The van der Waals surface area contributed by atoms with Crippen molar-refractivity contribution in [1.29, 1.82) is 0 Å². The summed E-state index contributed by atoms with van der Waals surface area (Å²) in [6.45, 7) is 5.36. The Morgan fingerprint density at radius 1 is 1.27 bits per heavy atom. The molecule has 0 spiro atoms. The van der Waals surface area contributed by atoms with Crippen LogP contribution in [0.4, 0.5) is 0 Å². The van der Waals surface area contributed by atoms with Crippen molar-refractivity contribution in [1.82, 2.24) is 14.5 Å². The number of hydrogen-bond acceptors (Lipinski definition) is 10. The molecule has 206 valence electrons. The van der Waals surface area contributed by atoms with E-state index in [2.05, 4.69) is 30.9 Å². The number of benzene rings is 1. The van der Waals surface area contributed by atoms with Gasteiger partial charge in [-0.3, -0.25) is 14.2 Å². The first-order valence-electron chi connectivity index (χ1n) is 12.1. The smallest absolute Gasteiger partial charge is 0.338 e. The lowest BCUT2D eigenvalue weighted by molar-refractivity contribution is -0.139. The van der Waals surface area contributed by atoms with Crippen LogP contribution < -0.4 is 25.2 Å². The molecule has 0 radical (unpaired) electrons. The van der Waals surface area contributed by atoms with Crippen molar-refractivity contribution in [2.75, 3.05) is 13.7 Å². The number of para-hydroxylation sites is 1. The second kappa shape index (κ2) is 11.4. The number of nitrogens with zero attached hydrogens (tertiary/aromatic N) is 3. The van der Waals surface area contributed by atoms with Gasteiger partial charge in [0, 0.05) is 23.4 Å². The number of H-pyrrole nitrogens is 1. The van der Waals surface area contributed by atoms with Crippen LogP contribution >= 0.6 is 39.0 Å². The number of aromatic nitrogens is 3. The van der Waals surface area contributed by atoms with Gasteiger partial charge >= 0.3 is 5.97 Å². The molecule has 1 aromatic carbocycles. The van der Waals surface area contributed by atoms with Gasteiger partial charge in [0.05, 0.1) is 34.0 Å². The van der Waals surface area contributed by atoms with Crippen LogP contribution in [0.2, 0.25) is 0 Å². The Kier molecular flexibility index (Phi) is 7.97. The van der Waals surface area contributed by atoms with E-state index in [1.165, 1.54) is 29.1 Å². The maximum absolute atomic E-state index is 13.9. The maximum atomic E-state index is 13.9. The number of ether oxygens (including phenoxy) is 2. The third-order valence-electron chi connectivity index (χ3n) is 5.94. The van der Waals surface area contributed by atoms with Crippen molar-refractivity contribution in [2.24, 2.45) is 4.99 Å². The Labute approximate surface area is 244 Å². The first-order valence-corrected chi connectivity index (χ1v) is 14.5. The van der Waals surface area contributed by atoms with Crippen LogP contribution in [-0.4, -0.2) is 34.2 Å². The quantitative estimate of drug-likeness (QED) is 0.239. The normalized spacial score (nSPS) is 15.1. The minimum atomic E-state index is -0.799. The van der Waals surface area contributed by atoms with Gasteiger partial charge in [-0.1, -0.05) is 29.5 Å². The zero-order valence-electron chi connectivity index (χ0n) is 21.8. The standard InChI is InChI=1S/C27H23BrN4O6S2/c1-5-37-24(35)21-14(3)30-27-32(22(21)16-8-6-7-9-18(16)36-4)23(34)19(39-27)12-15-11-17(28)25(38-15)40-26-29-13(2)10-20(33)31-26/h6-12,22H,5H2,1-4H3,(H,29,31,33)/b19-12+/t22-/m0/s1. The van der Waals surface area contributed by atoms with Crippen LogP contribution in [0.15, 0.2) is 81.4 Å². The summed E-state index contributed by atoms with van der Waals surface area (Å²) in [7, 11) is 1.54. The van der Waals surface area contributed by atoms with Gasteiger partial charge in [-0.05, 0) is 60.6 Å².